The van der Waals surface area contributed by atoms with Crippen molar-refractivity contribution in [1.82, 2.24) is 15.1 Å². The van der Waals surface area contributed by atoms with Crippen molar-refractivity contribution < 1.29 is 23.9 Å². The lowest BCUT2D eigenvalue weighted by molar-refractivity contribution is -0.136. The molecule has 0 spiro atoms. The van der Waals surface area contributed by atoms with Crippen LogP contribution >= 0.6 is 11.6 Å². The Morgan fingerprint density at radius 3 is 2.20 bits per heavy atom. The first-order valence-electron chi connectivity index (χ1n) is 19.3. The summed E-state index contributed by atoms with van der Waals surface area (Å²) in [6.07, 6.45) is 6.58. The van der Waals surface area contributed by atoms with Crippen molar-refractivity contribution in [3.05, 3.63) is 93.8 Å². The van der Waals surface area contributed by atoms with E-state index in [1.807, 2.05) is 24.3 Å². The van der Waals surface area contributed by atoms with Crippen LogP contribution < -0.4 is 19.9 Å². The highest BCUT2D eigenvalue weighted by Gasteiger charge is 2.46. The van der Waals surface area contributed by atoms with E-state index in [2.05, 4.69) is 49.1 Å². The minimum Gasteiger partial charge on any atom is -0.490 e. The summed E-state index contributed by atoms with van der Waals surface area (Å²) in [6.45, 7) is 13.8. The fourth-order valence-corrected chi connectivity index (χ4v) is 9.17. The zero-order valence-electron chi connectivity index (χ0n) is 30.3. The number of halogens is 1. The first-order chi connectivity index (χ1) is 26.2. The highest BCUT2D eigenvalue weighted by Crippen LogP contribution is 2.37. The molecular weight excluding hydrogens is 704 g/mol. The van der Waals surface area contributed by atoms with Crippen molar-refractivity contribution >= 4 is 52.3 Å². The number of ether oxygens (including phenoxy) is 1. The Morgan fingerprint density at radius 2 is 1.52 bits per heavy atom. The number of imide groups is 2. The third-order valence-corrected chi connectivity index (χ3v) is 12.3. The van der Waals surface area contributed by atoms with Crippen LogP contribution in [0.3, 0.4) is 0 Å². The SMILES string of the molecule is [C-]#[N+]c1ccc(N2CCC(Oc3ccc(C4CCN(CC5CCN(c6cccc7c6C(=O)N(C6CCC(=O)NC6=O)C7=O)CC5)CC4)cc3)CC2)cc1Cl. The van der Waals surface area contributed by atoms with Crippen molar-refractivity contribution in [2.75, 3.05) is 55.6 Å². The average molecular weight is 749 g/mol. The summed E-state index contributed by atoms with van der Waals surface area (Å²) < 4.78 is 6.39. The summed E-state index contributed by atoms with van der Waals surface area (Å²) in [4.78, 5) is 62.8. The van der Waals surface area contributed by atoms with Gasteiger partial charge in [-0.3, -0.25) is 29.4 Å². The topological polar surface area (TPSA) is 107 Å². The molecule has 4 saturated heterocycles. The van der Waals surface area contributed by atoms with Gasteiger partial charge in [0.25, 0.3) is 11.8 Å². The molecule has 280 valence electrons. The Kier molecular flexibility index (Phi) is 10.3. The number of hydrogen-bond donors (Lipinski definition) is 1. The third kappa shape index (κ3) is 7.29. The Hall–Kier alpha value is -4.92. The summed E-state index contributed by atoms with van der Waals surface area (Å²) in [7, 11) is 0. The molecule has 0 saturated carbocycles. The average Bonchev–Trinajstić information content (AvgIpc) is 3.45. The van der Waals surface area contributed by atoms with Crippen LogP contribution in [0.1, 0.15) is 83.6 Å². The molecule has 0 bridgehead atoms. The van der Waals surface area contributed by atoms with E-state index in [1.165, 1.54) is 5.56 Å². The zero-order chi connectivity index (χ0) is 37.3. The van der Waals surface area contributed by atoms with Crippen molar-refractivity contribution in [3.63, 3.8) is 0 Å². The third-order valence-electron chi connectivity index (χ3n) is 12.0. The monoisotopic (exact) mass is 748 g/mol. The van der Waals surface area contributed by atoms with E-state index in [9.17, 15) is 19.2 Å². The van der Waals surface area contributed by atoms with Gasteiger partial charge in [0, 0.05) is 62.7 Å². The molecule has 0 aliphatic carbocycles. The highest BCUT2D eigenvalue weighted by molar-refractivity contribution is 6.33. The molecule has 3 aromatic rings. The first kappa shape index (κ1) is 36.1. The van der Waals surface area contributed by atoms with E-state index in [4.69, 9.17) is 22.9 Å². The number of benzene rings is 3. The number of hydrogen-bond acceptors (Lipinski definition) is 8. The lowest BCUT2D eigenvalue weighted by atomic mass is 9.88. The molecule has 11 nitrogen and oxygen atoms in total. The number of carbonyl (C=O) groups is 4. The fraction of sp³-hybridized carbons (Fsp3) is 0.452. The van der Waals surface area contributed by atoms with E-state index < -0.39 is 23.8 Å². The molecule has 4 fully saturated rings. The zero-order valence-corrected chi connectivity index (χ0v) is 31.1. The quantitative estimate of drug-likeness (QED) is 0.208. The van der Waals surface area contributed by atoms with Crippen LogP contribution in [-0.4, -0.2) is 91.4 Å². The van der Waals surface area contributed by atoms with Crippen molar-refractivity contribution in [2.24, 2.45) is 5.92 Å². The van der Waals surface area contributed by atoms with Gasteiger partial charge in [0.2, 0.25) is 17.5 Å². The normalized spacial score (nSPS) is 22.0. The van der Waals surface area contributed by atoms with Crippen LogP contribution in [0.2, 0.25) is 5.02 Å². The van der Waals surface area contributed by atoms with Gasteiger partial charge in [-0.15, -0.1) is 0 Å². The van der Waals surface area contributed by atoms with Gasteiger partial charge < -0.3 is 19.4 Å². The van der Waals surface area contributed by atoms with Gasteiger partial charge in [-0.1, -0.05) is 35.9 Å². The fourth-order valence-electron chi connectivity index (χ4n) is 8.96. The first-order valence-corrected chi connectivity index (χ1v) is 19.6. The predicted octanol–water partition coefficient (Wildman–Crippen LogP) is 6.44. The van der Waals surface area contributed by atoms with Gasteiger partial charge >= 0.3 is 0 Å². The number of rotatable bonds is 8. The van der Waals surface area contributed by atoms with Gasteiger partial charge in [-0.2, -0.15) is 0 Å². The number of fused-ring (bicyclic) bond motifs is 1. The number of piperidine rings is 4. The summed E-state index contributed by atoms with van der Waals surface area (Å²) >= 11 is 6.27. The molecular formula is C42H45ClN6O5. The molecule has 5 aliphatic heterocycles. The van der Waals surface area contributed by atoms with E-state index >= 15 is 0 Å². The minimum atomic E-state index is -0.963. The summed E-state index contributed by atoms with van der Waals surface area (Å²) in [5.41, 5.74) is 4.38. The minimum absolute atomic E-state index is 0.104. The molecule has 0 radical (unpaired) electrons. The molecule has 4 amide bonds. The Bertz CT molecular complexity index is 1970. The summed E-state index contributed by atoms with van der Waals surface area (Å²) in [6, 6.07) is 18.8. The second-order valence-electron chi connectivity index (χ2n) is 15.3. The van der Waals surface area contributed by atoms with Crippen LogP contribution in [0, 0.1) is 12.5 Å². The van der Waals surface area contributed by atoms with Crippen LogP contribution in [0.5, 0.6) is 5.75 Å². The predicted molar refractivity (Wildman–Crippen MR) is 206 cm³/mol. The smallest absolute Gasteiger partial charge is 0.264 e. The van der Waals surface area contributed by atoms with E-state index in [0.717, 1.165) is 106 Å². The number of nitrogens with zero attached hydrogens (tertiary/aromatic N) is 5. The van der Waals surface area contributed by atoms with Crippen LogP contribution in [-0.2, 0) is 9.59 Å². The molecule has 5 heterocycles. The van der Waals surface area contributed by atoms with Gasteiger partial charge in [0.1, 0.15) is 17.9 Å². The second-order valence-corrected chi connectivity index (χ2v) is 15.7. The van der Waals surface area contributed by atoms with E-state index in [1.54, 1.807) is 12.1 Å². The molecule has 54 heavy (non-hydrogen) atoms. The number of anilines is 2. The van der Waals surface area contributed by atoms with Gasteiger partial charge in [0.05, 0.1) is 23.4 Å². The van der Waals surface area contributed by atoms with Crippen molar-refractivity contribution in [1.29, 1.82) is 0 Å². The summed E-state index contributed by atoms with van der Waals surface area (Å²) in [5.74, 6) is 0.156. The largest absolute Gasteiger partial charge is 0.490 e. The molecule has 8 rings (SSSR count). The number of carbonyl (C=O) groups excluding carboxylic acids is 4. The molecule has 0 aromatic heterocycles. The maximum absolute atomic E-state index is 13.6. The lowest BCUT2D eigenvalue weighted by Gasteiger charge is -2.39. The molecule has 5 aliphatic rings. The standard InChI is InChI=1S/C42H45ClN6O5/c1-44-35-10-7-30(25-34(35)43)47-23-17-32(18-24-47)54-31-8-5-28(6-9-31)29-15-19-46(20-16-29)26-27-13-21-48(22-14-27)36-4-2-3-33-39(36)42(53)49(41(33)52)37-11-12-38(50)45-40(37)51/h2-10,25,27,29,32,37H,11-24,26H2,(H,45,50,51). The van der Waals surface area contributed by atoms with E-state index in [0.29, 0.717) is 33.7 Å². The van der Waals surface area contributed by atoms with Gasteiger partial charge in [-0.05, 0) is 99.0 Å². The lowest BCUT2D eigenvalue weighted by Crippen LogP contribution is -2.54. The summed E-state index contributed by atoms with van der Waals surface area (Å²) in [5, 5.41) is 2.77. The van der Waals surface area contributed by atoms with E-state index in [-0.39, 0.29) is 24.9 Å². The Morgan fingerprint density at radius 1 is 0.796 bits per heavy atom. The highest BCUT2D eigenvalue weighted by atomic mass is 35.5. The molecule has 1 N–H and O–H groups in total. The van der Waals surface area contributed by atoms with Gasteiger partial charge in [0.15, 0.2) is 0 Å². The van der Waals surface area contributed by atoms with Gasteiger partial charge in [-0.25, -0.2) is 4.85 Å². The van der Waals surface area contributed by atoms with Crippen LogP contribution in [0.15, 0.2) is 60.7 Å². The molecule has 1 unspecified atom stereocenters. The van der Waals surface area contributed by atoms with Crippen LogP contribution in [0.4, 0.5) is 17.1 Å². The van der Waals surface area contributed by atoms with Crippen molar-refractivity contribution in [2.45, 2.75) is 69.4 Å². The second kappa shape index (κ2) is 15.4. The molecule has 12 heteroatoms. The maximum Gasteiger partial charge on any atom is 0.264 e. The Balaban J connectivity index is 0.782. The number of amides is 4. The molecule has 3 aromatic carbocycles. The Labute approximate surface area is 321 Å². The van der Waals surface area contributed by atoms with Crippen LogP contribution in [0.25, 0.3) is 4.85 Å². The maximum atomic E-state index is 13.6. The number of nitrogens with one attached hydrogen (secondary N) is 1. The number of likely N-dealkylation sites (tertiary alicyclic amines) is 1. The molecule has 1 atom stereocenters. The van der Waals surface area contributed by atoms with Crippen molar-refractivity contribution in [3.8, 4) is 5.75 Å².